The molecule has 3 heterocycles. The fourth-order valence-corrected chi connectivity index (χ4v) is 6.05. The van der Waals surface area contributed by atoms with E-state index in [-0.39, 0.29) is 23.1 Å². The van der Waals surface area contributed by atoms with Crippen LogP contribution in [0, 0.1) is 0 Å². The van der Waals surface area contributed by atoms with Gasteiger partial charge in [-0.2, -0.15) is 4.31 Å². The van der Waals surface area contributed by atoms with E-state index in [0.29, 0.717) is 24.3 Å². The van der Waals surface area contributed by atoms with Gasteiger partial charge in [-0.1, -0.05) is 6.07 Å². The number of piperidine rings is 1. The summed E-state index contributed by atoms with van der Waals surface area (Å²) in [7, 11) is -2.34. The van der Waals surface area contributed by atoms with Gasteiger partial charge in [0.05, 0.1) is 17.6 Å². The van der Waals surface area contributed by atoms with Crippen LogP contribution in [0.15, 0.2) is 53.6 Å². The lowest BCUT2D eigenvalue weighted by Crippen LogP contribution is -2.49. The summed E-state index contributed by atoms with van der Waals surface area (Å²) in [4.78, 5) is 16.0. The average Bonchev–Trinajstić information content (AvgIpc) is 3.00. The second-order valence-corrected chi connectivity index (χ2v) is 8.96. The van der Waals surface area contributed by atoms with Crippen LogP contribution in [0.5, 0.6) is 5.88 Å². The van der Waals surface area contributed by atoms with Crippen LogP contribution in [0.25, 0.3) is 0 Å². The number of aromatic nitrogens is 1. The molecule has 2 unspecified atom stereocenters. The molecule has 148 valence electrons. The van der Waals surface area contributed by atoms with Crippen molar-refractivity contribution in [2.45, 2.75) is 48.8 Å². The highest BCUT2D eigenvalue weighted by Gasteiger charge is 2.47. The van der Waals surface area contributed by atoms with Crippen molar-refractivity contribution >= 4 is 16.0 Å². The Labute approximate surface area is 164 Å². The minimum atomic E-state index is -3.63. The summed E-state index contributed by atoms with van der Waals surface area (Å²) in [5.74, 6) is 0.0816. The Balaban J connectivity index is 1.51. The van der Waals surface area contributed by atoms with Gasteiger partial charge < -0.3 is 9.47 Å². The Morgan fingerprint density at radius 3 is 2.32 bits per heavy atom. The summed E-state index contributed by atoms with van der Waals surface area (Å²) >= 11 is 0. The number of ether oxygens (including phenoxy) is 2. The largest absolute Gasteiger partial charge is 0.474 e. The van der Waals surface area contributed by atoms with Crippen LogP contribution < -0.4 is 4.74 Å². The maximum absolute atomic E-state index is 13.2. The first kappa shape index (κ1) is 18.9. The van der Waals surface area contributed by atoms with Crippen LogP contribution in [-0.4, -0.2) is 49.0 Å². The first-order valence-corrected chi connectivity index (χ1v) is 10.7. The van der Waals surface area contributed by atoms with E-state index in [9.17, 15) is 13.2 Å². The quantitative estimate of drug-likeness (QED) is 0.715. The van der Waals surface area contributed by atoms with Gasteiger partial charge in [-0.05, 0) is 43.2 Å². The molecule has 2 aliphatic heterocycles. The summed E-state index contributed by atoms with van der Waals surface area (Å²) in [5, 5.41) is 0. The molecule has 2 bridgehead atoms. The minimum absolute atomic E-state index is 0.0412. The normalized spacial score (nSPS) is 24.7. The Bertz CT molecular complexity index is 932. The Morgan fingerprint density at radius 2 is 1.75 bits per heavy atom. The molecule has 2 atom stereocenters. The van der Waals surface area contributed by atoms with Crippen molar-refractivity contribution in [1.82, 2.24) is 9.29 Å². The van der Waals surface area contributed by atoms with Gasteiger partial charge in [-0.3, -0.25) is 0 Å². The zero-order valence-corrected chi connectivity index (χ0v) is 16.3. The SMILES string of the molecule is COC(=O)c1ccc(S(=O)(=O)N2C3CCC2CC(Oc2ccccn2)C3)cc1. The molecule has 2 aliphatic rings. The van der Waals surface area contributed by atoms with Crippen molar-refractivity contribution in [3.8, 4) is 5.88 Å². The maximum Gasteiger partial charge on any atom is 0.337 e. The van der Waals surface area contributed by atoms with Crippen molar-refractivity contribution in [1.29, 1.82) is 0 Å². The van der Waals surface area contributed by atoms with Gasteiger partial charge in [0, 0.05) is 37.2 Å². The fraction of sp³-hybridized carbons (Fsp3) is 0.400. The van der Waals surface area contributed by atoms with Gasteiger partial charge in [0.2, 0.25) is 15.9 Å². The topological polar surface area (TPSA) is 85.8 Å². The van der Waals surface area contributed by atoms with E-state index in [1.54, 1.807) is 10.5 Å². The molecule has 0 saturated carbocycles. The third-order valence-corrected chi connectivity index (χ3v) is 7.42. The molecule has 4 rings (SSSR count). The molecule has 1 aromatic carbocycles. The van der Waals surface area contributed by atoms with E-state index in [2.05, 4.69) is 9.72 Å². The Morgan fingerprint density at radius 1 is 1.07 bits per heavy atom. The van der Waals surface area contributed by atoms with Crippen molar-refractivity contribution in [2.24, 2.45) is 0 Å². The second kappa shape index (κ2) is 7.52. The summed E-state index contributed by atoms with van der Waals surface area (Å²) in [6.45, 7) is 0. The van der Waals surface area contributed by atoms with E-state index >= 15 is 0 Å². The molecule has 2 fully saturated rings. The number of rotatable bonds is 5. The smallest absolute Gasteiger partial charge is 0.337 e. The lowest BCUT2D eigenvalue weighted by Gasteiger charge is -2.37. The highest BCUT2D eigenvalue weighted by Crippen LogP contribution is 2.40. The van der Waals surface area contributed by atoms with Crippen LogP contribution in [0.3, 0.4) is 0 Å². The van der Waals surface area contributed by atoms with E-state index in [0.717, 1.165) is 12.8 Å². The highest BCUT2D eigenvalue weighted by molar-refractivity contribution is 7.89. The van der Waals surface area contributed by atoms with Gasteiger partial charge in [-0.25, -0.2) is 18.2 Å². The molecule has 2 aromatic rings. The van der Waals surface area contributed by atoms with E-state index < -0.39 is 16.0 Å². The van der Waals surface area contributed by atoms with Gasteiger partial charge in [0.15, 0.2) is 0 Å². The zero-order chi connectivity index (χ0) is 19.7. The molecule has 0 N–H and O–H groups in total. The molecule has 0 aliphatic carbocycles. The van der Waals surface area contributed by atoms with E-state index in [1.807, 2.05) is 18.2 Å². The first-order valence-electron chi connectivity index (χ1n) is 9.28. The Kier molecular flexibility index (Phi) is 5.07. The number of carbonyl (C=O) groups excluding carboxylic acids is 1. The molecule has 0 amide bonds. The maximum atomic E-state index is 13.2. The average molecular weight is 402 g/mol. The molecule has 28 heavy (non-hydrogen) atoms. The van der Waals surface area contributed by atoms with Crippen LogP contribution >= 0.6 is 0 Å². The molecule has 1 aromatic heterocycles. The summed E-state index contributed by atoms with van der Waals surface area (Å²) < 4.78 is 38.7. The number of methoxy groups -OCH3 is 1. The number of hydrogen-bond acceptors (Lipinski definition) is 6. The van der Waals surface area contributed by atoms with Gasteiger partial charge in [0.1, 0.15) is 6.10 Å². The monoisotopic (exact) mass is 402 g/mol. The van der Waals surface area contributed by atoms with Crippen molar-refractivity contribution in [3.63, 3.8) is 0 Å². The van der Waals surface area contributed by atoms with E-state index in [4.69, 9.17) is 4.74 Å². The van der Waals surface area contributed by atoms with Crippen LogP contribution in [0.1, 0.15) is 36.0 Å². The second-order valence-electron chi connectivity index (χ2n) is 7.12. The van der Waals surface area contributed by atoms with Crippen LogP contribution in [0.4, 0.5) is 0 Å². The zero-order valence-electron chi connectivity index (χ0n) is 15.5. The minimum Gasteiger partial charge on any atom is -0.474 e. The molecule has 0 radical (unpaired) electrons. The first-order chi connectivity index (χ1) is 13.5. The summed E-state index contributed by atoms with van der Waals surface area (Å²) in [5.41, 5.74) is 0.326. The number of fused-ring (bicyclic) bond motifs is 2. The predicted octanol–water partition coefficient (Wildman–Crippen LogP) is 2.63. The molecular formula is C20H22N2O5S. The number of esters is 1. The highest BCUT2D eigenvalue weighted by atomic mass is 32.2. The number of pyridine rings is 1. The van der Waals surface area contributed by atoms with Crippen molar-refractivity contribution in [3.05, 3.63) is 54.2 Å². The number of benzene rings is 1. The molecule has 7 nitrogen and oxygen atoms in total. The van der Waals surface area contributed by atoms with Crippen LogP contribution in [-0.2, 0) is 14.8 Å². The molecular weight excluding hydrogens is 380 g/mol. The van der Waals surface area contributed by atoms with Crippen molar-refractivity contribution < 1.29 is 22.7 Å². The predicted molar refractivity (Wildman–Crippen MR) is 102 cm³/mol. The molecule has 2 saturated heterocycles. The summed E-state index contributed by atoms with van der Waals surface area (Å²) in [6.07, 6.45) is 4.58. The van der Waals surface area contributed by atoms with Gasteiger partial charge in [0.25, 0.3) is 0 Å². The standard InChI is InChI=1S/C20H22N2O5S/c1-26-20(23)14-5-9-18(10-6-14)28(24,25)22-15-7-8-16(22)13-17(12-15)27-19-4-2-3-11-21-19/h2-6,9-11,15-17H,7-8,12-13H2,1H3. The van der Waals surface area contributed by atoms with Gasteiger partial charge >= 0.3 is 5.97 Å². The lowest BCUT2D eigenvalue weighted by molar-refractivity contribution is 0.0600. The number of hydrogen-bond donors (Lipinski definition) is 0. The van der Waals surface area contributed by atoms with Gasteiger partial charge in [-0.15, -0.1) is 0 Å². The Hall–Kier alpha value is -2.45. The number of carbonyl (C=O) groups is 1. The van der Waals surface area contributed by atoms with E-state index in [1.165, 1.54) is 31.4 Å². The fourth-order valence-electron chi connectivity index (χ4n) is 4.16. The third kappa shape index (κ3) is 3.49. The number of sulfonamides is 1. The number of nitrogens with zero attached hydrogens (tertiary/aromatic N) is 2. The lowest BCUT2D eigenvalue weighted by atomic mass is 10.0. The molecule has 8 heteroatoms. The summed E-state index contributed by atoms with van der Waals surface area (Å²) in [6, 6.07) is 11.2. The third-order valence-electron chi connectivity index (χ3n) is 5.40. The van der Waals surface area contributed by atoms with Crippen LogP contribution in [0.2, 0.25) is 0 Å². The van der Waals surface area contributed by atoms with Crippen molar-refractivity contribution in [2.75, 3.05) is 7.11 Å². The molecule has 0 spiro atoms.